The Labute approximate surface area is 194 Å². The molecule has 7 heteroatoms. The third kappa shape index (κ3) is 4.63. The van der Waals surface area contributed by atoms with Gasteiger partial charge in [-0.1, -0.05) is 36.4 Å². The van der Waals surface area contributed by atoms with Crippen LogP contribution < -0.4 is 10.6 Å². The molecule has 1 aliphatic rings. The molecule has 168 valence electrons. The quantitative estimate of drug-likeness (QED) is 0.438. The number of aromatic nitrogens is 3. The Morgan fingerprint density at radius 1 is 1.09 bits per heavy atom. The summed E-state index contributed by atoms with van der Waals surface area (Å²) >= 11 is 0. The van der Waals surface area contributed by atoms with E-state index in [-0.39, 0.29) is 1.43 Å². The lowest BCUT2D eigenvalue weighted by molar-refractivity contribution is 0.122. The number of aryl methyl sites for hydroxylation is 1. The average Bonchev–Trinajstić information content (AvgIpc) is 3.30. The van der Waals surface area contributed by atoms with Crippen LogP contribution in [0.5, 0.6) is 0 Å². The summed E-state index contributed by atoms with van der Waals surface area (Å²) in [6.07, 6.45) is 3.43. The standard InChI is InChI=1S/C26H26N6O.H2/c1-18-7-10-23(29-18)20-8-9-21-24(17-20)30-26(31-25(21)32-13-15-33-16-14-32)28-12-11-22(27)19-5-3-2-4-6-19;/h2-12,17,29H,13-16,27H2,1H3;1H/b22-11-,28-12+;. The molecule has 3 N–H and O–H groups in total. The van der Waals surface area contributed by atoms with Crippen LogP contribution in [0, 0.1) is 6.92 Å². The van der Waals surface area contributed by atoms with Gasteiger partial charge in [-0.25, -0.2) is 9.98 Å². The number of benzene rings is 2. The molecular weight excluding hydrogens is 412 g/mol. The van der Waals surface area contributed by atoms with Gasteiger partial charge < -0.3 is 20.4 Å². The third-order valence-corrected chi connectivity index (χ3v) is 5.67. The first kappa shape index (κ1) is 20.9. The number of aliphatic imine (C=N–C) groups is 1. The van der Waals surface area contributed by atoms with Crippen molar-refractivity contribution in [3.05, 3.63) is 78.0 Å². The van der Waals surface area contributed by atoms with Crippen molar-refractivity contribution >= 4 is 34.6 Å². The van der Waals surface area contributed by atoms with Gasteiger partial charge in [0.1, 0.15) is 5.82 Å². The molecule has 1 saturated heterocycles. The lowest BCUT2D eigenvalue weighted by Crippen LogP contribution is -2.36. The summed E-state index contributed by atoms with van der Waals surface area (Å²) in [5, 5.41) is 1.00. The van der Waals surface area contributed by atoms with Crippen LogP contribution in [0.15, 0.2) is 71.7 Å². The van der Waals surface area contributed by atoms with Gasteiger partial charge in [-0.15, -0.1) is 0 Å². The Morgan fingerprint density at radius 3 is 2.67 bits per heavy atom. The lowest BCUT2D eigenvalue weighted by atomic mass is 10.1. The molecule has 0 aliphatic carbocycles. The van der Waals surface area contributed by atoms with E-state index in [1.165, 1.54) is 0 Å². The van der Waals surface area contributed by atoms with Gasteiger partial charge >= 0.3 is 0 Å². The highest BCUT2D eigenvalue weighted by Crippen LogP contribution is 2.30. The van der Waals surface area contributed by atoms with E-state index in [9.17, 15) is 0 Å². The topological polar surface area (TPSA) is 92.4 Å². The van der Waals surface area contributed by atoms with E-state index < -0.39 is 0 Å². The molecule has 2 aromatic carbocycles. The summed E-state index contributed by atoms with van der Waals surface area (Å²) in [5.74, 6) is 1.28. The molecule has 3 heterocycles. The number of hydrogen-bond donors (Lipinski definition) is 2. The predicted octanol–water partition coefficient (Wildman–Crippen LogP) is 4.72. The maximum absolute atomic E-state index is 6.19. The van der Waals surface area contributed by atoms with E-state index in [1.54, 1.807) is 12.3 Å². The summed E-state index contributed by atoms with van der Waals surface area (Å²) in [6, 6.07) is 20.2. The van der Waals surface area contributed by atoms with E-state index in [0.717, 1.165) is 52.3 Å². The molecular formula is C26H28N6O. The van der Waals surface area contributed by atoms with E-state index in [1.807, 2.05) is 37.3 Å². The molecule has 0 unspecified atom stereocenters. The van der Waals surface area contributed by atoms with E-state index >= 15 is 0 Å². The molecule has 33 heavy (non-hydrogen) atoms. The molecule has 5 rings (SSSR count). The number of allylic oxidation sites excluding steroid dienone is 1. The number of morpholine rings is 1. The number of anilines is 1. The second-order valence-corrected chi connectivity index (χ2v) is 8.00. The number of aromatic amines is 1. The third-order valence-electron chi connectivity index (χ3n) is 5.67. The molecule has 0 bridgehead atoms. The van der Waals surface area contributed by atoms with E-state index in [2.05, 4.69) is 45.2 Å². The van der Waals surface area contributed by atoms with Crippen molar-refractivity contribution in [2.24, 2.45) is 10.7 Å². The predicted molar refractivity (Wildman–Crippen MR) is 136 cm³/mol. The number of nitrogens with one attached hydrogen (secondary N) is 1. The first-order valence-corrected chi connectivity index (χ1v) is 11.0. The second kappa shape index (κ2) is 9.26. The molecule has 0 saturated carbocycles. The number of nitrogens with two attached hydrogens (primary N) is 1. The van der Waals surface area contributed by atoms with Gasteiger partial charge in [0, 0.05) is 48.8 Å². The molecule has 1 fully saturated rings. The maximum Gasteiger partial charge on any atom is 0.251 e. The van der Waals surface area contributed by atoms with E-state index in [0.29, 0.717) is 24.9 Å². The number of hydrogen-bond acceptors (Lipinski definition) is 6. The van der Waals surface area contributed by atoms with Crippen molar-refractivity contribution in [2.45, 2.75) is 6.92 Å². The van der Waals surface area contributed by atoms with Crippen LogP contribution in [0.4, 0.5) is 11.8 Å². The maximum atomic E-state index is 6.19. The second-order valence-electron chi connectivity index (χ2n) is 8.00. The SMILES string of the molecule is Cc1ccc(-c2ccc3c(N4CCOCC4)nc(/N=C/C=C(\N)c4ccccc4)nc3c2)[nH]1.[HH]. The van der Waals surface area contributed by atoms with Crippen molar-refractivity contribution < 1.29 is 6.16 Å². The summed E-state index contributed by atoms with van der Waals surface area (Å²) in [5.41, 5.74) is 11.9. The highest BCUT2D eigenvalue weighted by Gasteiger charge is 2.18. The molecule has 7 nitrogen and oxygen atoms in total. The molecule has 0 radical (unpaired) electrons. The van der Waals surface area contributed by atoms with Crippen LogP contribution in [0.25, 0.3) is 27.9 Å². The van der Waals surface area contributed by atoms with Gasteiger partial charge in [0.25, 0.3) is 5.95 Å². The molecule has 2 aromatic heterocycles. The fraction of sp³-hybridized carbons (Fsp3) is 0.192. The van der Waals surface area contributed by atoms with Crippen LogP contribution >= 0.6 is 0 Å². The Morgan fingerprint density at radius 2 is 1.91 bits per heavy atom. The monoisotopic (exact) mass is 440 g/mol. The molecule has 1 aliphatic heterocycles. The zero-order chi connectivity index (χ0) is 22.6. The number of nitrogens with zero attached hydrogens (tertiary/aromatic N) is 4. The minimum Gasteiger partial charge on any atom is -0.398 e. The summed E-state index contributed by atoms with van der Waals surface area (Å²) < 4.78 is 5.54. The number of H-pyrrole nitrogens is 1. The van der Waals surface area contributed by atoms with Gasteiger partial charge in [-0.3, -0.25) is 0 Å². The minimum absolute atomic E-state index is 0. The number of ether oxygens (including phenoxy) is 1. The van der Waals surface area contributed by atoms with Crippen molar-refractivity contribution in [3.8, 4) is 11.3 Å². The Hall–Kier alpha value is -3.97. The Bertz CT molecular complexity index is 1330. The molecule has 4 aromatic rings. The average molecular weight is 441 g/mol. The van der Waals surface area contributed by atoms with Gasteiger partial charge in [-0.05, 0) is 42.8 Å². The lowest BCUT2D eigenvalue weighted by Gasteiger charge is -2.28. The van der Waals surface area contributed by atoms with Crippen molar-refractivity contribution in [2.75, 3.05) is 31.2 Å². The van der Waals surface area contributed by atoms with Crippen LogP contribution in [-0.4, -0.2) is 47.5 Å². The fourth-order valence-electron chi connectivity index (χ4n) is 3.93. The van der Waals surface area contributed by atoms with Crippen LogP contribution in [0.3, 0.4) is 0 Å². The largest absolute Gasteiger partial charge is 0.398 e. The zero-order valence-corrected chi connectivity index (χ0v) is 18.5. The Kier molecular flexibility index (Phi) is 5.87. The van der Waals surface area contributed by atoms with Crippen molar-refractivity contribution in [1.29, 1.82) is 0 Å². The minimum atomic E-state index is 0. The molecule has 0 spiro atoms. The van der Waals surface area contributed by atoms with Crippen LogP contribution in [-0.2, 0) is 4.74 Å². The molecule has 0 atom stereocenters. The highest BCUT2D eigenvalue weighted by molar-refractivity contribution is 5.93. The normalized spacial score (nSPS) is 14.9. The van der Waals surface area contributed by atoms with Crippen molar-refractivity contribution in [3.63, 3.8) is 0 Å². The van der Waals surface area contributed by atoms with Crippen LogP contribution in [0.1, 0.15) is 12.7 Å². The first-order chi connectivity index (χ1) is 16.2. The van der Waals surface area contributed by atoms with Crippen LogP contribution in [0.2, 0.25) is 0 Å². The molecule has 0 amide bonds. The number of rotatable bonds is 5. The van der Waals surface area contributed by atoms with E-state index in [4.69, 9.17) is 20.4 Å². The summed E-state index contributed by atoms with van der Waals surface area (Å²) in [4.78, 5) is 19.7. The van der Waals surface area contributed by atoms with Gasteiger partial charge in [0.05, 0.1) is 18.7 Å². The number of fused-ring (bicyclic) bond motifs is 1. The first-order valence-electron chi connectivity index (χ1n) is 11.0. The highest BCUT2D eigenvalue weighted by atomic mass is 16.5. The van der Waals surface area contributed by atoms with Gasteiger partial charge in [-0.2, -0.15) is 4.98 Å². The summed E-state index contributed by atoms with van der Waals surface area (Å²) in [6.45, 7) is 4.98. The zero-order valence-electron chi connectivity index (χ0n) is 18.5. The fourth-order valence-corrected chi connectivity index (χ4v) is 3.93. The van der Waals surface area contributed by atoms with Gasteiger partial charge in [0.15, 0.2) is 0 Å². The summed E-state index contributed by atoms with van der Waals surface area (Å²) in [7, 11) is 0. The smallest absolute Gasteiger partial charge is 0.251 e. The van der Waals surface area contributed by atoms with Gasteiger partial charge in [0.2, 0.25) is 0 Å². The Balaban J connectivity index is 0.00000274. The van der Waals surface area contributed by atoms with Crippen molar-refractivity contribution in [1.82, 2.24) is 15.0 Å².